The first-order valence-electron chi connectivity index (χ1n) is 35.6. The van der Waals surface area contributed by atoms with E-state index in [1.54, 1.807) is 0 Å². The molecule has 0 amide bonds. The molecular weight excluding hydrogens is 1160 g/mol. The third-order valence-electron chi connectivity index (χ3n) is 20.6. The van der Waals surface area contributed by atoms with Crippen molar-refractivity contribution in [3.05, 3.63) is 307 Å². The first-order valence-corrected chi connectivity index (χ1v) is 34.1. The first kappa shape index (κ1) is 55.6. The minimum Gasteiger partial charge on any atom is -0.310 e. The minimum absolute atomic E-state index is 0.245. The molecule has 0 N–H and O–H groups in total. The summed E-state index contributed by atoms with van der Waals surface area (Å²) in [6, 6.07) is 103. The second-order valence-electron chi connectivity index (χ2n) is 28.4. The molecule has 0 saturated heterocycles. The summed E-state index contributed by atoms with van der Waals surface area (Å²) in [5.41, 5.74) is 28.3. The van der Waals surface area contributed by atoms with Crippen molar-refractivity contribution in [3.63, 3.8) is 0 Å². The van der Waals surface area contributed by atoms with Crippen LogP contribution in [0, 0.1) is 6.85 Å². The zero-order valence-electron chi connectivity index (χ0n) is 58.8. The lowest BCUT2D eigenvalue weighted by molar-refractivity contribution is 0.590. The van der Waals surface area contributed by atoms with Gasteiger partial charge in [-0.3, -0.25) is 0 Å². The molecule has 96 heavy (non-hydrogen) atoms. The van der Waals surface area contributed by atoms with Crippen LogP contribution in [0.2, 0.25) is 0 Å². The molecule has 2 aliphatic heterocycles. The van der Waals surface area contributed by atoms with Crippen LogP contribution < -0.4 is 26.2 Å². The molecule has 2 aliphatic rings. The van der Waals surface area contributed by atoms with E-state index >= 15 is 0 Å². The van der Waals surface area contributed by atoms with Crippen LogP contribution in [0.1, 0.15) is 87.3 Å². The second-order valence-corrected chi connectivity index (χ2v) is 28.4. The van der Waals surface area contributed by atoms with Gasteiger partial charge in [-0.1, -0.05) is 237 Å². The summed E-state index contributed by atoms with van der Waals surface area (Å²) >= 11 is 0. The number of nitrogens with zero attached hydrogens (tertiary/aromatic N) is 4. The number of rotatable bonds is 10. The second kappa shape index (κ2) is 22.7. The maximum atomic E-state index is 9.87. The van der Waals surface area contributed by atoms with E-state index in [2.05, 4.69) is 341 Å². The molecule has 4 nitrogen and oxygen atoms in total. The van der Waals surface area contributed by atoms with Crippen molar-refractivity contribution >= 4 is 101 Å². The number of fused-ring (bicyclic) bond motifs is 10. The molecule has 15 aromatic rings. The fourth-order valence-corrected chi connectivity index (χ4v) is 15.7. The number of benzene rings is 13. The highest BCUT2D eigenvalue weighted by Gasteiger charge is 2.46. The predicted molar refractivity (Wildman–Crippen MR) is 412 cm³/mol. The van der Waals surface area contributed by atoms with Gasteiger partial charge in [-0.2, -0.15) is 0 Å². The van der Waals surface area contributed by atoms with Gasteiger partial charge in [0.05, 0.1) is 33.4 Å². The predicted octanol–water partition coefficient (Wildman–Crippen LogP) is 22.7. The Morgan fingerprint density at radius 3 is 1.02 bits per heavy atom. The van der Waals surface area contributed by atoms with E-state index in [4.69, 9.17) is 0 Å². The summed E-state index contributed by atoms with van der Waals surface area (Å²) in [6.07, 6.45) is 1.85. The zero-order chi connectivity index (χ0) is 67.8. The van der Waals surface area contributed by atoms with Crippen molar-refractivity contribution in [2.24, 2.45) is 0 Å². The van der Waals surface area contributed by atoms with Gasteiger partial charge in [-0.05, 0) is 194 Å². The Balaban J connectivity index is 1.07. The average molecular weight is 1240 g/mol. The number of hydrogen-bond acceptors (Lipinski definition) is 2. The lowest BCUT2D eigenvalue weighted by atomic mass is 9.33. The molecule has 0 fully saturated rings. The standard InChI is InChI=1S/C91H77BN4/c1-10-59-40-46-81-75(50-59)76-51-60(11-2)41-47-82(76)94(81)68-43-45-78-84(57-68)96(89-73(63-32-20-14-21-33-63)54-66(91(7,8)9)55-74(89)64-34-22-15-23-35-64)86-49-58(3)48-85-87(86)92(78)77-44-42-67(93-79-38-26-24-36-69(79)70-37-25-27-39-80(70)93)56-83(77)95(85)88-71(61-28-16-12-17-29-61)52-65(90(4,5)6)53-72(88)62-30-18-13-19-31-62/h12-57H,10-11H2,1-9H3/i3D3. The third-order valence-corrected chi connectivity index (χ3v) is 20.6. The first-order chi connectivity index (χ1) is 47.9. The van der Waals surface area contributed by atoms with Crippen LogP contribution in [0.15, 0.2) is 279 Å². The van der Waals surface area contributed by atoms with Gasteiger partial charge in [0.2, 0.25) is 0 Å². The minimum atomic E-state index is -2.57. The quantitative estimate of drug-likeness (QED) is 0.127. The Hall–Kier alpha value is -10.9. The van der Waals surface area contributed by atoms with Gasteiger partial charge >= 0.3 is 0 Å². The van der Waals surface area contributed by atoms with Gasteiger partial charge in [0, 0.05) is 82.0 Å². The topological polar surface area (TPSA) is 16.3 Å². The Labute approximate surface area is 569 Å². The molecule has 0 aliphatic carbocycles. The summed E-state index contributed by atoms with van der Waals surface area (Å²) in [5, 5.41) is 4.80. The zero-order valence-corrected chi connectivity index (χ0v) is 55.8. The summed E-state index contributed by atoms with van der Waals surface area (Å²) < 4.78 is 34.5. The Bertz CT molecular complexity index is 5480. The third kappa shape index (κ3) is 9.48. The van der Waals surface area contributed by atoms with Gasteiger partial charge < -0.3 is 18.9 Å². The van der Waals surface area contributed by atoms with Crippen LogP contribution >= 0.6 is 0 Å². The maximum Gasteiger partial charge on any atom is 0.252 e. The number of aryl methyl sites for hydroxylation is 3. The summed E-state index contributed by atoms with van der Waals surface area (Å²) in [6.45, 7) is 15.3. The maximum absolute atomic E-state index is 9.87. The molecule has 0 bridgehead atoms. The molecule has 0 radical (unpaired) electrons. The van der Waals surface area contributed by atoms with E-state index in [9.17, 15) is 4.11 Å². The molecule has 13 aromatic carbocycles. The van der Waals surface area contributed by atoms with E-state index < -0.39 is 13.6 Å². The van der Waals surface area contributed by atoms with Crippen LogP contribution in [0.3, 0.4) is 0 Å². The van der Waals surface area contributed by atoms with Gasteiger partial charge in [-0.15, -0.1) is 0 Å². The molecule has 0 unspecified atom stereocenters. The molecule has 464 valence electrons. The van der Waals surface area contributed by atoms with Crippen molar-refractivity contribution < 1.29 is 4.11 Å². The SMILES string of the molecule is [2H]C([2H])([2H])c1cc2c3c(c1)N(c1c(-c4ccccc4)cc(C(C)(C)C)cc1-c1ccccc1)c1cc(-n4c5ccc(CC)cc5c5cc(CC)ccc54)ccc1B3c1ccc(-n3c4ccccc4c4ccccc43)cc1N2c1c(-c2ccccc2)cc(C(C)(C)C)cc1-c1ccccc1. The molecule has 4 heterocycles. The van der Waals surface area contributed by atoms with Crippen LogP contribution in [-0.2, 0) is 23.7 Å². The van der Waals surface area contributed by atoms with Crippen molar-refractivity contribution in [1.29, 1.82) is 0 Å². The smallest absolute Gasteiger partial charge is 0.252 e. The molecule has 0 spiro atoms. The van der Waals surface area contributed by atoms with Gasteiger partial charge in [0.1, 0.15) is 0 Å². The van der Waals surface area contributed by atoms with Crippen LogP contribution in [0.4, 0.5) is 34.1 Å². The molecule has 0 saturated carbocycles. The summed E-state index contributed by atoms with van der Waals surface area (Å²) in [4.78, 5) is 4.98. The number of aromatic nitrogens is 2. The van der Waals surface area contributed by atoms with E-state index in [0.717, 1.165) is 141 Å². The van der Waals surface area contributed by atoms with E-state index in [1.807, 2.05) is 12.1 Å². The van der Waals surface area contributed by atoms with Crippen LogP contribution in [-0.4, -0.2) is 15.8 Å². The highest BCUT2D eigenvalue weighted by molar-refractivity contribution is 7.00. The van der Waals surface area contributed by atoms with Gasteiger partial charge in [0.25, 0.3) is 6.71 Å². The Morgan fingerprint density at radius 2 is 0.677 bits per heavy atom. The van der Waals surface area contributed by atoms with Crippen molar-refractivity contribution in [1.82, 2.24) is 9.13 Å². The Kier molecular flexibility index (Phi) is 13.1. The molecule has 2 aromatic heterocycles. The van der Waals surface area contributed by atoms with Crippen molar-refractivity contribution in [2.45, 2.75) is 85.9 Å². The van der Waals surface area contributed by atoms with E-state index in [-0.39, 0.29) is 16.4 Å². The van der Waals surface area contributed by atoms with Crippen LogP contribution in [0.5, 0.6) is 0 Å². The van der Waals surface area contributed by atoms with Crippen molar-refractivity contribution in [2.75, 3.05) is 9.80 Å². The number of hydrogen-bond donors (Lipinski definition) is 0. The van der Waals surface area contributed by atoms with Gasteiger partial charge in [0.15, 0.2) is 0 Å². The largest absolute Gasteiger partial charge is 0.310 e. The fourth-order valence-electron chi connectivity index (χ4n) is 15.7. The van der Waals surface area contributed by atoms with Gasteiger partial charge in [-0.25, -0.2) is 0 Å². The molecule has 17 rings (SSSR count). The molecular formula is C91H77BN4. The van der Waals surface area contributed by atoms with Crippen LogP contribution in [0.25, 0.3) is 99.5 Å². The average Bonchev–Trinajstić information content (AvgIpc) is 1.40. The normalized spacial score (nSPS) is 13.5. The lowest BCUT2D eigenvalue weighted by Gasteiger charge is -2.46. The molecule has 0 atom stereocenters. The van der Waals surface area contributed by atoms with E-state index in [1.165, 1.54) is 43.8 Å². The highest BCUT2D eigenvalue weighted by atomic mass is 15.2. The Morgan fingerprint density at radius 1 is 0.333 bits per heavy atom. The summed E-state index contributed by atoms with van der Waals surface area (Å²) in [7, 11) is 0. The van der Waals surface area contributed by atoms with Crippen molar-refractivity contribution in [3.8, 4) is 55.9 Å². The number of para-hydroxylation sites is 2. The highest BCUT2D eigenvalue weighted by Crippen LogP contribution is 2.55. The lowest BCUT2D eigenvalue weighted by Crippen LogP contribution is -2.61. The monoisotopic (exact) mass is 1240 g/mol. The summed E-state index contributed by atoms with van der Waals surface area (Å²) in [5.74, 6) is 0. The number of anilines is 6. The van der Waals surface area contributed by atoms with E-state index in [0.29, 0.717) is 0 Å². The fraction of sp³-hybridized carbons (Fsp3) is 0.143. The molecule has 5 heteroatoms.